The summed E-state index contributed by atoms with van der Waals surface area (Å²) in [5.74, 6) is 0. The fraction of sp³-hybridized carbons (Fsp3) is 1.00. The molecular formula is C9H20Cl2O3Si. The van der Waals surface area contributed by atoms with E-state index in [2.05, 4.69) is 0 Å². The van der Waals surface area contributed by atoms with Gasteiger partial charge in [-0.1, -0.05) is 6.92 Å². The van der Waals surface area contributed by atoms with Crippen LogP contribution in [0.5, 0.6) is 0 Å². The van der Waals surface area contributed by atoms with Crippen molar-refractivity contribution in [2.45, 2.75) is 38.1 Å². The smallest absolute Gasteiger partial charge is 0.374 e. The second-order valence-electron chi connectivity index (χ2n) is 3.03. The molecule has 0 N–H and O–H groups in total. The zero-order chi connectivity index (χ0) is 11.9. The molecule has 0 radical (unpaired) electrons. The highest BCUT2D eigenvalue weighted by Gasteiger charge is 2.49. The van der Waals surface area contributed by atoms with Gasteiger partial charge in [0, 0.05) is 19.8 Å². The Morgan fingerprint density at radius 3 is 1.47 bits per heavy atom. The van der Waals surface area contributed by atoms with Crippen molar-refractivity contribution in [1.82, 2.24) is 0 Å². The summed E-state index contributed by atoms with van der Waals surface area (Å²) in [4.78, 5) is -0.540. The van der Waals surface area contributed by atoms with Gasteiger partial charge < -0.3 is 13.3 Å². The normalized spacial score (nSPS) is 14.6. The summed E-state index contributed by atoms with van der Waals surface area (Å²) in [6.07, 6.45) is 0. The van der Waals surface area contributed by atoms with Crippen molar-refractivity contribution in [3.8, 4) is 0 Å². The van der Waals surface area contributed by atoms with Crippen molar-refractivity contribution in [3.05, 3.63) is 0 Å². The van der Waals surface area contributed by atoms with Crippen molar-refractivity contribution < 1.29 is 13.3 Å². The van der Waals surface area contributed by atoms with E-state index in [4.69, 9.17) is 36.5 Å². The van der Waals surface area contributed by atoms with Gasteiger partial charge in [-0.25, -0.2) is 0 Å². The summed E-state index contributed by atoms with van der Waals surface area (Å²) >= 11 is 11.8. The minimum absolute atomic E-state index is 0.124. The van der Waals surface area contributed by atoms with Gasteiger partial charge in [0.1, 0.15) is 4.84 Å². The van der Waals surface area contributed by atoms with Gasteiger partial charge in [0.2, 0.25) is 0 Å². The van der Waals surface area contributed by atoms with Gasteiger partial charge in [0.05, 0.1) is 5.54 Å². The first kappa shape index (κ1) is 15.7. The molecule has 0 saturated carbocycles. The maximum Gasteiger partial charge on any atom is 0.506 e. The third-order valence-corrected chi connectivity index (χ3v) is 6.67. The minimum Gasteiger partial charge on any atom is -0.374 e. The first-order valence-electron chi connectivity index (χ1n) is 5.24. The van der Waals surface area contributed by atoms with Crippen molar-refractivity contribution in [3.63, 3.8) is 0 Å². The molecule has 0 aromatic rings. The Balaban J connectivity index is 4.73. The zero-order valence-electron chi connectivity index (χ0n) is 9.76. The largest absolute Gasteiger partial charge is 0.506 e. The van der Waals surface area contributed by atoms with Crippen LogP contribution in [-0.2, 0) is 13.3 Å². The van der Waals surface area contributed by atoms with Gasteiger partial charge in [-0.3, -0.25) is 0 Å². The molecule has 0 amide bonds. The predicted octanol–water partition coefficient (Wildman–Crippen LogP) is 3.23. The number of alkyl halides is 2. The van der Waals surface area contributed by atoms with E-state index < -0.39 is 13.6 Å². The molecule has 1 atom stereocenters. The number of rotatable bonds is 8. The van der Waals surface area contributed by atoms with E-state index in [0.29, 0.717) is 19.8 Å². The van der Waals surface area contributed by atoms with Gasteiger partial charge in [-0.15, -0.1) is 23.2 Å². The van der Waals surface area contributed by atoms with Gasteiger partial charge in [0.15, 0.2) is 0 Å². The average molecular weight is 275 g/mol. The lowest BCUT2D eigenvalue weighted by molar-refractivity contribution is 0.0637. The molecule has 0 rings (SSSR count). The summed E-state index contributed by atoms with van der Waals surface area (Å²) in [5, 5.41) is 0. The summed E-state index contributed by atoms with van der Waals surface area (Å²) in [7, 11) is -2.73. The molecule has 0 saturated heterocycles. The molecule has 0 aromatic carbocycles. The van der Waals surface area contributed by atoms with E-state index in [-0.39, 0.29) is 5.54 Å². The van der Waals surface area contributed by atoms with E-state index in [1.807, 2.05) is 27.7 Å². The molecule has 0 aromatic heterocycles. The average Bonchev–Trinajstić information content (AvgIpc) is 2.17. The van der Waals surface area contributed by atoms with E-state index in [1.165, 1.54) is 0 Å². The highest BCUT2D eigenvalue weighted by Crippen LogP contribution is 2.33. The quantitative estimate of drug-likeness (QED) is 0.503. The lowest BCUT2D eigenvalue weighted by Crippen LogP contribution is -2.51. The fourth-order valence-electron chi connectivity index (χ4n) is 1.28. The molecule has 0 aliphatic rings. The van der Waals surface area contributed by atoms with Crippen LogP contribution < -0.4 is 0 Å². The molecule has 0 bridgehead atoms. The molecule has 0 aliphatic heterocycles. The molecular weight excluding hydrogens is 255 g/mol. The lowest BCUT2D eigenvalue weighted by atomic mass is 10.5. The number of hydrogen-bond acceptors (Lipinski definition) is 3. The van der Waals surface area contributed by atoms with Crippen LogP contribution in [-0.4, -0.2) is 33.5 Å². The first-order chi connectivity index (χ1) is 7.04. The van der Waals surface area contributed by atoms with Crippen LogP contribution >= 0.6 is 23.2 Å². The lowest BCUT2D eigenvalue weighted by Gasteiger charge is -2.33. The Morgan fingerprint density at radius 2 is 1.27 bits per heavy atom. The summed E-state index contributed by atoms with van der Waals surface area (Å²) < 4.78 is 17.0. The monoisotopic (exact) mass is 274 g/mol. The first-order valence-corrected chi connectivity index (χ1v) is 7.91. The summed E-state index contributed by atoms with van der Waals surface area (Å²) in [5.41, 5.74) is -0.124. The topological polar surface area (TPSA) is 27.7 Å². The summed E-state index contributed by atoms with van der Waals surface area (Å²) in [6.45, 7) is 9.24. The van der Waals surface area contributed by atoms with E-state index in [0.717, 1.165) is 0 Å². The zero-order valence-corrected chi connectivity index (χ0v) is 12.3. The van der Waals surface area contributed by atoms with Gasteiger partial charge in [-0.05, 0) is 20.8 Å². The van der Waals surface area contributed by atoms with E-state index in [1.54, 1.807) is 0 Å². The second kappa shape index (κ2) is 7.87. The highest BCUT2D eigenvalue weighted by molar-refractivity contribution is 6.66. The second-order valence-corrected chi connectivity index (χ2v) is 7.17. The molecule has 6 heteroatoms. The van der Waals surface area contributed by atoms with Crippen molar-refractivity contribution in [1.29, 1.82) is 0 Å². The number of halogens is 2. The van der Waals surface area contributed by atoms with Crippen LogP contribution in [0.2, 0.25) is 5.54 Å². The highest BCUT2D eigenvalue weighted by atomic mass is 35.5. The van der Waals surface area contributed by atoms with Crippen molar-refractivity contribution in [2.24, 2.45) is 0 Å². The Bertz CT molecular complexity index is 152. The van der Waals surface area contributed by atoms with Gasteiger partial charge in [-0.2, -0.15) is 0 Å². The standard InChI is InChI=1S/C9H20Cl2O3Si/c1-5-12-15(13-6-2,14-7-3)8(4)9(10)11/h8-9H,5-7H2,1-4H3. The fourth-order valence-corrected chi connectivity index (χ4v) is 4.76. The SMILES string of the molecule is CCO[Si](OCC)(OCC)C(C)C(Cl)Cl. The van der Waals surface area contributed by atoms with Crippen LogP contribution in [0, 0.1) is 0 Å². The third kappa shape index (κ3) is 4.59. The molecule has 92 valence electrons. The van der Waals surface area contributed by atoms with Gasteiger partial charge >= 0.3 is 8.80 Å². The summed E-state index contributed by atoms with van der Waals surface area (Å²) in [6, 6.07) is 0. The maximum atomic E-state index is 5.88. The van der Waals surface area contributed by atoms with Crippen LogP contribution in [0.4, 0.5) is 0 Å². The number of hydrogen-bond donors (Lipinski definition) is 0. The van der Waals surface area contributed by atoms with Crippen LogP contribution in [0.1, 0.15) is 27.7 Å². The van der Waals surface area contributed by atoms with Crippen LogP contribution in [0.15, 0.2) is 0 Å². The molecule has 1 unspecified atom stereocenters. The maximum absolute atomic E-state index is 5.88. The molecule has 0 heterocycles. The van der Waals surface area contributed by atoms with Crippen LogP contribution in [0.25, 0.3) is 0 Å². The van der Waals surface area contributed by atoms with Crippen LogP contribution in [0.3, 0.4) is 0 Å². The van der Waals surface area contributed by atoms with Crippen molar-refractivity contribution >= 4 is 32.0 Å². The predicted molar refractivity (Wildman–Crippen MR) is 65.6 cm³/mol. The van der Waals surface area contributed by atoms with Crippen molar-refractivity contribution in [2.75, 3.05) is 19.8 Å². The molecule has 0 aliphatic carbocycles. The molecule has 15 heavy (non-hydrogen) atoms. The molecule has 0 fully saturated rings. The van der Waals surface area contributed by atoms with E-state index in [9.17, 15) is 0 Å². The Kier molecular flexibility index (Phi) is 8.23. The Hall–Kier alpha value is 0.677. The van der Waals surface area contributed by atoms with E-state index >= 15 is 0 Å². The third-order valence-electron chi connectivity index (χ3n) is 1.97. The Morgan fingerprint density at radius 1 is 0.933 bits per heavy atom. The Labute approximate surface area is 103 Å². The molecule has 3 nitrogen and oxygen atoms in total. The van der Waals surface area contributed by atoms with Gasteiger partial charge in [0.25, 0.3) is 0 Å². The molecule has 0 spiro atoms. The minimum atomic E-state index is -2.73.